The van der Waals surface area contributed by atoms with E-state index in [9.17, 15) is 0 Å². The van der Waals surface area contributed by atoms with E-state index in [1.54, 1.807) is 6.20 Å². The van der Waals surface area contributed by atoms with Crippen LogP contribution in [-0.2, 0) is 13.0 Å². The van der Waals surface area contributed by atoms with E-state index in [0.29, 0.717) is 12.0 Å². The Labute approximate surface area is 121 Å². The van der Waals surface area contributed by atoms with Gasteiger partial charge in [-0.15, -0.1) is 0 Å². The highest BCUT2D eigenvalue weighted by Gasteiger charge is 2.06. The first-order valence-corrected chi connectivity index (χ1v) is 7.24. The van der Waals surface area contributed by atoms with Crippen molar-refractivity contribution < 1.29 is 0 Å². The molecule has 1 unspecified atom stereocenters. The summed E-state index contributed by atoms with van der Waals surface area (Å²) in [5.41, 5.74) is 3.68. The van der Waals surface area contributed by atoms with Gasteiger partial charge in [0.05, 0.1) is 5.69 Å². The highest BCUT2D eigenvalue weighted by Crippen LogP contribution is 2.15. The third kappa shape index (κ3) is 4.42. The van der Waals surface area contributed by atoms with E-state index in [2.05, 4.69) is 60.6 Å². The van der Waals surface area contributed by atoms with E-state index in [1.165, 1.54) is 11.1 Å². The normalized spacial score (nSPS) is 12.6. The minimum absolute atomic E-state index is 0.310. The molecule has 1 aromatic heterocycles. The van der Waals surface area contributed by atoms with E-state index < -0.39 is 0 Å². The molecule has 0 saturated carbocycles. The Morgan fingerprint density at radius 1 is 1.05 bits per heavy atom. The molecule has 0 saturated heterocycles. The minimum Gasteiger partial charge on any atom is -0.304 e. The zero-order chi connectivity index (χ0) is 14.4. The van der Waals surface area contributed by atoms with Gasteiger partial charge in [0.2, 0.25) is 0 Å². The standard InChI is InChI=1S/C17H23N3/c1-13(2)11-15-6-8-16(9-7-15)14(3)18-12-17-5-4-10-19-20-17/h4-10,13-14,18H,11-12H2,1-3H3. The van der Waals surface area contributed by atoms with Crippen molar-refractivity contribution in [2.24, 2.45) is 5.92 Å². The lowest BCUT2D eigenvalue weighted by Crippen LogP contribution is -2.18. The fourth-order valence-electron chi connectivity index (χ4n) is 2.22. The van der Waals surface area contributed by atoms with Gasteiger partial charge in [-0.2, -0.15) is 10.2 Å². The van der Waals surface area contributed by atoms with Crippen LogP contribution in [0.1, 0.15) is 43.6 Å². The lowest BCUT2D eigenvalue weighted by molar-refractivity contribution is 0.563. The Balaban J connectivity index is 1.90. The molecular formula is C17H23N3. The number of aromatic nitrogens is 2. The monoisotopic (exact) mass is 269 g/mol. The summed E-state index contributed by atoms with van der Waals surface area (Å²) in [4.78, 5) is 0. The molecule has 0 bridgehead atoms. The predicted octanol–water partition coefficient (Wildman–Crippen LogP) is 3.53. The highest BCUT2D eigenvalue weighted by atomic mass is 15.1. The molecular weight excluding hydrogens is 246 g/mol. The van der Waals surface area contributed by atoms with Crippen molar-refractivity contribution in [2.75, 3.05) is 0 Å². The molecule has 0 amide bonds. The first-order chi connectivity index (χ1) is 9.65. The number of hydrogen-bond acceptors (Lipinski definition) is 3. The summed E-state index contributed by atoms with van der Waals surface area (Å²) < 4.78 is 0. The SMILES string of the molecule is CC(C)Cc1ccc(C(C)NCc2cccnn2)cc1. The molecule has 1 heterocycles. The van der Waals surface area contributed by atoms with Gasteiger partial charge in [0.1, 0.15) is 0 Å². The Morgan fingerprint density at radius 3 is 2.40 bits per heavy atom. The quantitative estimate of drug-likeness (QED) is 0.872. The van der Waals surface area contributed by atoms with Crippen LogP contribution in [0.4, 0.5) is 0 Å². The fraction of sp³-hybridized carbons (Fsp3) is 0.412. The van der Waals surface area contributed by atoms with Gasteiger partial charge in [-0.05, 0) is 42.5 Å². The third-order valence-corrected chi connectivity index (χ3v) is 3.34. The van der Waals surface area contributed by atoms with E-state index in [0.717, 1.165) is 18.7 Å². The molecule has 1 aromatic carbocycles. The van der Waals surface area contributed by atoms with Crippen LogP contribution in [0.5, 0.6) is 0 Å². The summed E-state index contributed by atoms with van der Waals surface area (Å²) in [5, 5.41) is 11.4. The molecule has 0 aliphatic rings. The molecule has 0 spiro atoms. The number of nitrogens with zero attached hydrogens (tertiary/aromatic N) is 2. The molecule has 106 valence electrons. The van der Waals surface area contributed by atoms with Crippen molar-refractivity contribution in [1.29, 1.82) is 0 Å². The van der Waals surface area contributed by atoms with Gasteiger partial charge in [-0.3, -0.25) is 0 Å². The zero-order valence-corrected chi connectivity index (χ0v) is 12.5. The summed E-state index contributed by atoms with van der Waals surface area (Å²) in [7, 11) is 0. The predicted molar refractivity (Wildman–Crippen MR) is 82.3 cm³/mol. The Hall–Kier alpha value is -1.74. The maximum atomic E-state index is 4.08. The lowest BCUT2D eigenvalue weighted by Gasteiger charge is -2.14. The molecule has 2 rings (SSSR count). The van der Waals surface area contributed by atoms with Gasteiger partial charge in [0.25, 0.3) is 0 Å². The highest BCUT2D eigenvalue weighted by molar-refractivity contribution is 5.25. The Bertz CT molecular complexity index is 506. The lowest BCUT2D eigenvalue weighted by atomic mass is 10.00. The second-order valence-corrected chi connectivity index (χ2v) is 5.66. The molecule has 1 N–H and O–H groups in total. The van der Waals surface area contributed by atoms with Crippen molar-refractivity contribution >= 4 is 0 Å². The first-order valence-electron chi connectivity index (χ1n) is 7.24. The van der Waals surface area contributed by atoms with E-state index in [4.69, 9.17) is 0 Å². The van der Waals surface area contributed by atoms with Crippen molar-refractivity contribution in [3.8, 4) is 0 Å². The minimum atomic E-state index is 0.310. The van der Waals surface area contributed by atoms with Gasteiger partial charge >= 0.3 is 0 Å². The summed E-state index contributed by atoms with van der Waals surface area (Å²) in [5.74, 6) is 0.702. The largest absolute Gasteiger partial charge is 0.304 e. The van der Waals surface area contributed by atoms with Crippen LogP contribution in [0.3, 0.4) is 0 Å². The molecule has 2 aromatic rings. The van der Waals surface area contributed by atoms with Crippen molar-refractivity contribution in [2.45, 2.75) is 39.8 Å². The van der Waals surface area contributed by atoms with E-state index in [-0.39, 0.29) is 0 Å². The second-order valence-electron chi connectivity index (χ2n) is 5.66. The summed E-state index contributed by atoms with van der Waals surface area (Å²) >= 11 is 0. The average Bonchev–Trinajstić information content (AvgIpc) is 2.46. The van der Waals surface area contributed by atoms with Gasteiger partial charge < -0.3 is 5.32 Å². The van der Waals surface area contributed by atoms with Crippen LogP contribution in [0, 0.1) is 5.92 Å². The van der Waals surface area contributed by atoms with E-state index >= 15 is 0 Å². The molecule has 20 heavy (non-hydrogen) atoms. The van der Waals surface area contributed by atoms with Gasteiger partial charge in [-0.25, -0.2) is 0 Å². The molecule has 0 radical (unpaired) electrons. The van der Waals surface area contributed by atoms with Crippen LogP contribution in [0.25, 0.3) is 0 Å². The molecule has 3 nitrogen and oxygen atoms in total. The number of rotatable bonds is 6. The number of benzene rings is 1. The molecule has 0 aliphatic heterocycles. The van der Waals surface area contributed by atoms with Crippen molar-refractivity contribution in [3.05, 3.63) is 59.4 Å². The molecule has 1 atom stereocenters. The van der Waals surface area contributed by atoms with Crippen LogP contribution in [-0.4, -0.2) is 10.2 Å². The van der Waals surface area contributed by atoms with Crippen LogP contribution >= 0.6 is 0 Å². The fourth-order valence-corrected chi connectivity index (χ4v) is 2.22. The van der Waals surface area contributed by atoms with Crippen LogP contribution < -0.4 is 5.32 Å². The second kappa shape index (κ2) is 7.15. The smallest absolute Gasteiger partial charge is 0.0769 e. The van der Waals surface area contributed by atoms with Crippen LogP contribution in [0.2, 0.25) is 0 Å². The number of nitrogens with one attached hydrogen (secondary N) is 1. The van der Waals surface area contributed by atoms with Gasteiger partial charge in [0, 0.05) is 18.8 Å². The zero-order valence-electron chi connectivity index (χ0n) is 12.5. The van der Waals surface area contributed by atoms with Gasteiger partial charge in [-0.1, -0.05) is 38.1 Å². The molecule has 0 fully saturated rings. The maximum Gasteiger partial charge on any atom is 0.0769 e. The summed E-state index contributed by atoms with van der Waals surface area (Å²) in [6.07, 6.45) is 2.84. The van der Waals surface area contributed by atoms with Crippen LogP contribution in [0.15, 0.2) is 42.6 Å². The van der Waals surface area contributed by atoms with Gasteiger partial charge in [0.15, 0.2) is 0 Å². The first kappa shape index (κ1) is 14.7. The molecule has 0 aliphatic carbocycles. The van der Waals surface area contributed by atoms with E-state index in [1.807, 2.05) is 12.1 Å². The molecule has 3 heteroatoms. The Kier molecular flexibility index (Phi) is 5.24. The number of hydrogen-bond donors (Lipinski definition) is 1. The topological polar surface area (TPSA) is 37.8 Å². The maximum absolute atomic E-state index is 4.08. The summed E-state index contributed by atoms with van der Waals surface area (Å²) in [6.45, 7) is 7.41. The average molecular weight is 269 g/mol. The third-order valence-electron chi connectivity index (χ3n) is 3.34. The van der Waals surface area contributed by atoms with Crippen molar-refractivity contribution in [1.82, 2.24) is 15.5 Å². The van der Waals surface area contributed by atoms with Crippen molar-refractivity contribution in [3.63, 3.8) is 0 Å². The summed E-state index contributed by atoms with van der Waals surface area (Å²) in [6, 6.07) is 13.1. The Morgan fingerprint density at radius 2 is 1.80 bits per heavy atom.